The Hall–Kier alpha value is -2.67. The summed E-state index contributed by atoms with van der Waals surface area (Å²) in [6.45, 7) is 6.29. The molecule has 33 heavy (non-hydrogen) atoms. The molecule has 3 heterocycles. The third-order valence-electron chi connectivity index (χ3n) is 6.11. The Labute approximate surface area is 199 Å². The second kappa shape index (κ2) is 11.0. The van der Waals surface area contributed by atoms with Gasteiger partial charge in [0.2, 0.25) is 0 Å². The van der Waals surface area contributed by atoms with Crippen LogP contribution in [-0.4, -0.2) is 38.5 Å². The molecule has 0 bridgehead atoms. The quantitative estimate of drug-likeness (QED) is 0.374. The number of benzene rings is 2. The van der Waals surface area contributed by atoms with Gasteiger partial charge in [-0.2, -0.15) is 9.65 Å². The second-order valence-electron chi connectivity index (χ2n) is 8.27. The topological polar surface area (TPSA) is 62.5 Å². The van der Waals surface area contributed by atoms with E-state index in [9.17, 15) is 4.55 Å². The molecular weight excluding hydrogens is 428 g/mol. The van der Waals surface area contributed by atoms with Crippen LogP contribution in [0.2, 0.25) is 0 Å². The van der Waals surface area contributed by atoms with Gasteiger partial charge in [0.25, 0.3) is 0 Å². The molecule has 1 fully saturated rings. The van der Waals surface area contributed by atoms with Gasteiger partial charge in [0.05, 0.1) is 6.20 Å². The summed E-state index contributed by atoms with van der Waals surface area (Å²) in [5, 5.41) is 7.98. The van der Waals surface area contributed by atoms with Crippen molar-refractivity contribution in [2.75, 3.05) is 19.3 Å². The maximum absolute atomic E-state index is 9.92. The first-order chi connectivity index (χ1) is 16.2. The highest BCUT2D eigenvalue weighted by molar-refractivity contribution is 7.90. The molecule has 0 aliphatic carbocycles. The van der Waals surface area contributed by atoms with E-state index in [1.165, 1.54) is 18.4 Å². The molecule has 1 aliphatic heterocycles. The average Bonchev–Trinajstić information content (AvgIpc) is 3.30. The van der Waals surface area contributed by atoms with Crippen LogP contribution in [0.3, 0.4) is 0 Å². The van der Waals surface area contributed by atoms with E-state index in [0.29, 0.717) is 0 Å². The van der Waals surface area contributed by atoms with Gasteiger partial charge in [0, 0.05) is 29.6 Å². The zero-order valence-electron chi connectivity index (χ0n) is 19.7. The highest BCUT2D eigenvalue weighted by atomic mass is 32.2. The van der Waals surface area contributed by atoms with Crippen LogP contribution in [0.5, 0.6) is 0 Å². The number of nitrogens with zero attached hydrogens (tertiary/aromatic N) is 3. The summed E-state index contributed by atoms with van der Waals surface area (Å²) in [5.41, 5.74) is 6.41. The Morgan fingerprint density at radius 2 is 1.76 bits per heavy atom. The van der Waals surface area contributed by atoms with Crippen molar-refractivity contribution in [1.29, 1.82) is 0 Å². The summed E-state index contributed by atoms with van der Waals surface area (Å²) < 4.78 is 11.8. The fraction of sp³-hybridized carbons (Fsp3) is 0.333. The van der Waals surface area contributed by atoms with Crippen LogP contribution in [-0.2, 0) is 17.6 Å². The van der Waals surface area contributed by atoms with Crippen molar-refractivity contribution in [2.45, 2.75) is 38.0 Å². The first-order valence-electron chi connectivity index (χ1n) is 11.8. The Balaban J connectivity index is 0.00000126. The zero-order chi connectivity index (χ0) is 23.2. The Bertz CT molecular complexity index is 1180. The van der Waals surface area contributed by atoms with Crippen LogP contribution >= 0.6 is 0 Å². The first-order valence-corrected chi connectivity index (χ1v) is 13.4. The molecule has 5 rings (SSSR count). The first kappa shape index (κ1) is 23.5. The second-order valence-corrected chi connectivity index (χ2v) is 9.70. The van der Waals surface area contributed by atoms with Gasteiger partial charge >= 0.3 is 0 Å². The lowest BCUT2D eigenvalue weighted by atomic mass is 9.90. The SMILES string of the molecule is CC.C[S+](O)c1cccc(-c2cnn3cc(-c4ccc(CC5CCNCC5)cc4)cnc23)c1. The van der Waals surface area contributed by atoms with E-state index in [0.717, 1.165) is 58.2 Å². The lowest BCUT2D eigenvalue weighted by molar-refractivity contribution is 0.372. The van der Waals surface area contributed by atoms with Gasteiger partial charge in [0.15, 0.2) is 21.7 Å². The Morgan fingerprint density at radius 3 is 2.48 bits per heavy atom. The Kier molecular flexibility index (Phi) is 7.81. The van der Waals surface area contributed by atoms with Crippen molar-refractivity contribution >= 4 is 16.8 Å². The minimum atomic E-state index is -0.769. The minimum Gasteiger partial charge on any atom is -0.317 e. The molecule has 2 aromatic heterocycles. The summed E-state index contributed by atoms with van der Waals surface area (Å²) in [6, 6.07) is 16.8. The molecule has 1 saturated heterocycles. The number of fused-ring (bicyclic) bond motifs is 1. The smallest absolute Gasteiger partial charge is 0.190 e. The third-order valence-corrected chi connectivity index (χ3v) is 7.05. The molecule has 1 atom stereocenters. The van der Waals surface area contributed by atoms with Gasteiger partial charge in [-0.15, -0.1) is 0 Å². The van der Waals surface area contributed by atoms with Crippen LogP contribution < -0.4 is 5.32 Å². The molecule has 0 amide bonds. The van der Waals surface area contributed by atoms with Crippen molar-refractivity contribution in [3.63, 3.8) is 0 Å². The van der Waals surface area contributed by atoms with Crippen molar-refractivity contribution < 1.29 is 4.55 Å². The van der Waals surface area contributed by atoms with Crippen LogP contribution in [0, 0.1) is 5.92 Å². The van der Waals surface area contributed by atoms with Crippen molar-refractivity contribution in [3.8, 4) is 22.3 Å². The molecule has 1 unspecified atom stereocenters. The van der Waals surface area contributed by atoms with Crippen LogP contribution in [0.25, 0.3) is 27.9 Å². The van der Waals surface area contributed by atoms with Crippen molar-refractivity contribution in [1.82, 2.24) is 19.9 Å². The summed E-state index contributed by atoms with van der Waals surface area (Å²) in [5.74, 6) is 0.792. The van der Waals surface area contributed by atoms with Gasteiger partial charge < -0.3 is 5.32 Å². The Morgan fingerprint density at radius 1 is 1.00 bits per heavy atom. The molecule has 0 saturated carbocycles. The number of hydrogen-bond donors (Lipinski definition) is 2. The molecule has 1 aliphatic rings. The molecular formula is C27H33N4OS+. The predicted octanol–water partition coefficient (Wildman–Crippen LogP) is 5.71. The van der Waals surface area contributed by atoms with Gasteiger partial charge in [-0.1, -0.05) is 50.2 Å². The van der Waals surface area contributed by atoms with E-state index in [-0.39, 0.29) is 0 Å². The lowest BCUT2D eigenvalue weighted by Crippen LogP contribution is -2.28. The minimum absolute atomic E-state index is 0.769. The number of aromatic nitrogens is 3. The van der Waals surface area contributed by atoms with E-state index in [1.54, 1.807) is 6.26 Å². The van der Waals surface area contributed by atoms with Gasteiger partial charge in [-0.3, -0.25) is 0 Å². The number of rotatable bonds is 5. The summed E-state index contributed by atoms with van der Waals surface area (Å²) in [6.07, 6.45) is 11.3. The fourth-order valence-corrected chi connectivity index (χ4v) is 4.90. The number of hydrogen-bond acceptors (Lipinski definition) is 4. The standard InChI is InChI=1S/C25H27N4OS.C2H6/c1-31(30)23-4-2-3-21(14-23)24-16-28-29-17-22(15-27-25(24)29)20-7-5-18(6-8-20)13-19-9-11-26-12-10-19;1-2/h2-8,14-17,19,26,30H,9-13H2,1H3;1-2H3/q+1;. The zero-order valence-corrected chi connectivity index (χ0v) is 20.5. The van der Waals surface area contributed by atoms with Crippen molar-refractivity contribution in [2.24, 2.45) is 5.92 Å². The molecule has 0 radical (unpaired) electrons. The molecule has 5 nitrogen and oxygen atoms in total. The highest BCUT2D eigenvalue weighted by Crippen LogP contribution is 2.28. The van der Waals surface area contributed by atoms with Crippen LogP contribution in [0.1, 0.15) is 32.3 Å². The monoisotopic (exact) mass is 461 g/mol. The highest BCUT2D eigenvalue weighted by Gasteiger charge is 2.16. The summed E-state index contributed by atoms with van der Waals surface area (Å²) in [4.78, 5) is 5.63. The third kappa shape index (κ3) is 5.46. The van der Waals surface area contributed by atoms with E-state index < -0.39 is 11.2 Å². The number of nitrogens with one attached hydrogen (secondary N) is 1. The lowest BCUT2D eigenvalue weighted by Gasteiger charge is -2.22. The maximum atomic E-state index is 9.92. The predicted molar refractivity (Wildman–Crippen MR) is 139 cm³/mol. The molecule has 2 N–H and O–H groups in total. The average molecular weight is 462 g/mol. The van der Waals surface area contributed by atoms with Gasteiger partial charge in [0.1, 0.15) is 6.26 Å². The molecule has 4 aromatic rings. The van der Waals surface area contributed by atoms with Gasteiger partial charge in [-0.25, -0.2) is 9.50 Å². The summed E-state index contributed by atoms with van der Waals surface area (Å²) >= 11 is -0.769. The largest absolute Gasteiger partial charge is 0.317 e. The van der Waals surface area contributed by atoms with E-state index in [1.807, 2.05) is 61.2 Å². The normalized spacial score (nSPS) is 15.2. The molecule has 2 aromatic carbocycles. The van der Waals surface area contributed by atoms with E-state index in [4.69, 9.17) is 4.98 Å². The van der Waals surface area contributed by atoms with Crippen LogP contribution in [0.15, 0.2) is 72.0 Å². The fourth-order valence-electron chi connectivity index (χ4n) is 4.33. The molecule has 172 valence electrons. The van der Waals surface area contributed by atoms with E-state index in [2.05, 4.69) is 34.7 Å². The maximum Gasteiger partial charge on any atom is 0.190 e. The molecule has 6 heteroatoms. The molecule has 0 spiro atoms. The number of piperidine rings is 1. The summed E-state index contributed by atoms with van der Waals surface area (Å²) in [7, 11) is 0. The van der Waals surface area contributed by atoms with E-state index >= 15 is 0 Å². The van der Waals surface area contributed by atoms with Crippen LogP contribution in [0.4, 0.5) is 0 Å². The van der Waals surface area contributed by atoms with Crippen molar-refractivity contribution in [3.05, 3.63) is 72.7 Å². The van der Waals surface area contributed by atoms with Gasteiger partial charge in [-0.05, 0) is 61.0 Å².